The Kier molecular flexibility index (Phi) is 6.78. The molecule has 0 radical (unpaired) electrons. The van der Waals surface area contributed by atoms with Crippen LogP contribution in [0.4, 0.5) is 4.39 Å². The number of nitrogens with two attached hydrogens (primary N) is 1. The summed E-state index contributed by atoms with van der Waals surface area (Å²) in [6.45, 7) is 1.22. The molecule has 1 aliphatic rings. The van der Waals surface area contributed by atoms with E-state index in [0.29, 0.717) is 40.8 Å². The molecule has 180 valence electrons. The number of hydrogen-bond acceptors (Lipinski definition) is 6. The van der Waals surface area contributed by atoms with Crippen LogP contribution in [0.25, 0.3) is 22.2 Å². The number of rotatable bonds is 7. The Morgan fingerprint density at radius 1 is 1.21 bits per heavy atom. The maximum Gasteiger partial charge on any atom is 0.253 e. The van der Waals surface area contributed by atoms with E-state index >= 15 is 0 Å². The van der Waals surface area contributed by atoms with E-state index in [1.807, 2.05) is 0 Å². The van der Waals surface area contributed by atoms with Gasteiger partial charge in [0.25, 0.3) is 5.91 Å². The maximum absolute atomic E-state index is 14.2. The van der Waals surface area contributed by atoms with Crippen molar-refractivity contribution in [2.75, 3.05) is 33.7 Å². The van der Waals surface area contributed by atoms with Crippen LogP contribution in [0.5, 0.6) is 0 Å². The molecule has 0 aliphatic carbocycles. The number of halogens is 1. The van der Waals surface area contributed by atoms with Crippen LogP contribution in [0, 0.1) is 0 Å². The first kappa shape index (κ1) is 24.0. The lowest BCUT2D eigenvalue weighted by molar-refractivity contribution is 0.0793. The Bertz CT molecular complexity index is 1360. The van der Waals surface area contributed by atoms with Crippen LogP contribution in [0.2, 0.25) is 0 Å². The number of fused-ring (bicyclic) bond motifs is 1. The highest BCUT2D eigenvalue weighted by atomic mass is 32.2. The molecule has 0 saturated carbocycles. The van der Waals surface area contributed by atoms with Crippen molar-refractivity contribution >= 4 is 27.0 Å². The Balaban J connectivity index is 1.89. The molecule has 2 N–H and O–H groups in total. The van der Waals surface area contributed by atoms with Gasteiger partial charge in [-0.05, 0) is 48.7 Å². The molecular weight excluding hydrogens is 459 g/mol. The third kappa shape index (κ3) is 4.59. The molecule has 0 unspecified atom stereocenters. The van der Waals surface area contributed by atoms with E-state index in [9.17, 15) is 17.6 Å². The van der Waals surface area contributed by atoms with Gasteiger partial charge in [0.15, 0.2) is 0 Å². The number of carbonyl (C=O) groups excluding carboxylic acids is 1. The summed E-state index contributed by atoms with van der Waals surface area (Å²) in [4.78, 5) is 15.1. The number of allylic oxidation sites excluding steroid dienone is 1. The summed E-state index contributed by atoms with van der Waals surface area (Å²) in [5, 5.41) is 8.33. The van der Waals surface area contributed by atoms with Crippen LogP contribution in [0.1, 0.15) is 23.2 Å². The predicted octanol–water partition coefficient (Wildman–Crippen LogP) is 2.40. The van der Waals surface area contributed by atoms with Crippen molar-refractivity contribution in [2.24, 2.45) is 5.73 Å². The summed E-state index contributed by atoms with van der Waals surface area (Å²) in [6.07, 6.45) is 3.14. The molecule has 1 saturated heterocycles. The largest absolute Gasteiger partial charge is 0.339 e. The maximum atomic E-state index is 14.2. The van der Waals surface area contributed by atoms with E-state index in [1.165, 1.54) is 30.9 Å². The molecule has 0 bridgehead atoms. The van der Waals surface area contributed by atoms with Crippen LogP contribution in [-0.2, 0) is 16.6 Å². The first-order valence-corrected chi connectivity index (χ1v) is 12.4. The predicted molar refractivity (Wildman–Crippen MR) is 127 cm³/mol. The van der Waals surface area contributed by atoms with Gasteiger partial charge in [-0.25, -0.2) is 21.8 Å². The zero-order valence-electron chi connectivity index (χ0n) is 19.1. The zero-order valence-corrected chi connectivity index (χ0v) is 19.9. The fourth-order valence-corrected chi connectivity index (χ4v) is 4.95. The number of nitrogens with zero attached hydrogens (tertiary/aromatic N) is 5. The van der Waals surface area contributed by atoms with Gasteiger partial charge in [-0.1, -0.05) is 17.3 Å². The van der Waals surface area contributed by atoms with Crippen molar-refractivity contribution < 1.29 is 17.6 Å². The van der Waals surface area contributed by atoms with E-state index in [-0.39, 0.29) is 23.9 Å². The van der Waals surface area contributed by atoms with Gasteiger partial charge in [-0.15, -0.1) is 5.10 Å². The van der Waals surface area contributed by atoms with Crippen LogP contribution in [0.15, 0.2) is 53.2 Å². The third-order valence-corrected chi connectivity index (χ3v) is 7.64. The Morgan fingerprint density at radius 2 is 1.94 bits per heavy atom. The second-order valence-corrected chi connectivity index (χ2v) is 10.5. The Morgan fingerprint density at radius 3 is 2.62 bits per heavy atom. The smallest absolute Gasteiger partial charge is 0.253 e. The molecule has 0 atom stereocenters. The minimum absolute atomic E-state index is 0.0511. The second kappa shape index (κ2) is 9.61. The van der Waals surface area contributed by atoms with Crippen LogP contribution < -0.4 is 5.73 Å². The van der Waals surface area contributed by atoms with Crippen molar-refractivity contribution in [3.8, 4) is 11.1 Å². The molecule has 3 aromatic rings. The van der Waals surface area contributed by atoms with Crippen LogP contribution >= 0.6 is 0 Å². The first-order valence-electron chi connectivity index (χ1n) is 11.0. The summed E-state index contributed by atoms with van der Waals surface area (Å²) in [7, 11) is -0.744. The number of likely N-dealkylation sites (tertiary alicyclic amines) is 1. The molecule has 1 fully saturated rings. The number of sulfonamides is 1. The van der Waals surface area contributed by atoms with Crippen LogP contribution in [0.3, 0.4) is 0 Å². The highest BCUT2D eigenvalue weighted by Crippen LogP contribution is 2.32. The summed E-state index contributed by atoms with van der Waals surface area (Å²) in [5.74, 6) is -0.602. The summed E-state index contributed by atoms with van der Waals surface area (Å²) < 4.78 is 42.1. The van der Waals surface area contributed by atoms with Crippen LogP contribution in [-0.4, -0.2) is 72.3 Å². The third-order valence-electron chi connectivity index (χ3n) is 5.82. The number of carbonyl (C=O) groups is 1. The normalized spacial score (nSPS) is 15.0. The minimum Gasteiger partial charge on any atom is -0.339 e. The van der Waals surface area contributed by atoms with Gasteiger partial charge in [0.2, 0.25) is 10.0 Å². The quantitative estimate of drug-likeness (QED) is 0.549. The second-order valence-electron chi connectivity index (χ2n) is 8.34. The number of benzene rings is 2. The van der Waals surface area contributed by atoms with Gasteiger partial charge < -0.3 is 10.6 Å². The van der Waals surface area contributed by atoms with E-state index in [2.05, 4.69) is 10.3 Å². The van der Waals surface area contributed by atoms with Crippen molar-refractivity contribution in [1.29, 1.82) is 0 Å². The molecule has 1 aliphatic heterocycles. The average molecular weight is 487 g/mol. The van der Waals surface area contributed by atoms with E-state index in [0.717, 1.165) is 17.1 Å². The highest BCUT2D eigenvalue weighted by Gasteiger charge is 2.24. The number of hydrogen-bond donors (Lipinski definition) is 1. The van der Waals surface area contributed by atoms with Gasteiger partial charge in [0.05, 0.1) is 17.0 Å². The number of aromatic nitrogens is 3. The molecule has 2 aromatic carbocycles. The van der Waals surface area contributed by atoms with Crippen molar-refractivity contribution in [3.05, 3.63) is 53.9 Å². The monoisotopic (exact) mass is 486 g/mol. The average Bonchev–Trinajstić information content (AvgIpc) is 3.49. The Labute approximate surface area is 197 Å². The number of amides is 1. The van der Waals surface area contributed by atoms with Gasteiger partial charge in [-0.2, -0.15) is 0 Å². The lowest BCUT2D eigenvalue weighted by Gasteiger charge is -2.17. The summed E-state index contributed by atoms with van der Waals surface area (Å²) in [6, 6.07) is 9.81. The zero-order chi connectivity index (χ0) is 24.5. The van der Waals surface area contributed by atoms with Gasteiger partial charge in [0, 0.05) is 44.9 Å². The van der Waals surface area contributed by atoms with Crippen molar-refractivity contribution in [1.82, 2.24) is 24.2 Å². The molecule has 0 spiro atoms. The topological polar surface area (TPSA) is 114 Å². The highest BCUT2D eigenvalue weighted by molar-refractivity contribution is 7.89. The first-order chi connectivity index (χ1) is 16.2. The molecule has 11 heteroatoms. The fourth-order valence-electron chi connectivity index (χ4n) is 4.00. The van der Waals surface area contributed by atoms with Gasteiger partial charge >= 0.3 is 0 Å². The van der Waals surface area contributed by atoms with E-state index in [4.69, 9.17) is 5.73 Å². The summed E-state index contributed by atoms with van der Waals surface area (Å²) in [5.41, 5.74) is 7.85. The standard InChI is InChI=1S/C23H27FN6O3S/c1-28(2)34(32,33)19-7-5-6-16(12-19)20-13-17(23(31)29-10-3-4-11-29)14-21-22(20)26-27-30(21)15-18(24)8-9-25/h5-8,12-14H,3-4,9-11,15,25H2,1-2H3/b18-8-. The van der Waals surface area contributed by atoms with E-state index in [1.54, 1.807) is 35.2 Å². The lowest BCUT2D eigenvalue weighted by atomic mass is 10.0. The molecule has 34 heavy (non-hydrogen) atoms. The molecule has 9 nitrogen and oxygen atoms in total. The molecule has 1 aromatic heterocycles. The van der Waals surface area contributed by atoms with Gasteiger partial charge in [0.1, 0.15) is 11.3 Å². The van der Waals surface area contributed by atoms with Crippen molar-refractivity contribution in [2.45, 2.75) is 24.3 Å². The molecule has 1 amide bonds. The van der Waals surface area contributed by atoms with Gasteiger partial charge in [-0.3, -0.25) is 4.79 Å². The Hall–Kier alpha value is -3.15. The van der Waals surface area contributed by atoms with Crippen molar-refractivity contribution in [3.63, 3.8) is 0 Å². The molecule has 4 rings (SSSR count). The summed E-state index contributed by atoms with van der Waals surface area (Å²) >= 11 is 0. The molecule has 2 heterocycles. The minimum atomic E-state index is -3.67. The fraction of sp³-hybridized carbons (Fsp3) is 0.348. The lowest BCUT2D eigenvalue weighted by Crippen LogP contribution is -2.27. The SMILES string of the molecule is CN(C)S(=O)(=O)c1cccc(-c2cc(C(=O)N3CCCC3)cc3c2nnn3C/C(F)=C/CN)c1. The van der Waals surface area contributed by atoms with E-state index < -0.39 is 15.9 Å². The molecular formula is C23H27FN6O3S.